The van der Waals surface area contributed by atoms with Crippen molar-refractivity contribution in [2.45, 2.75) is 52.4 Å². The average Bonchev–Trinajstić information content (AvgIpc) is 2.70. The van der Waals surface area contributed by atoms with E-state index < -0.39 is 9.84 Å². The first-order valence-electron chi connectivity index (χ1n) is 7.28. The summed E-state index contributed by atoms with van der Waals surface area (Å²) in [6.07, 6.45) is 6.90. The average molecular weight is 295 g/mol. The molecule has 0 aromatic carbocycles. The van der Waals surface area contributed by atoms with Crippen LogP contribution in [0.4, 0.5) is 0 Å². The molecular formula is C14H27ClO2S. The molecule has 0 spiro atoms. The molecule has 4 heteroatoms. The first kappa shape index (κ1) is 16.3. The van der Waals surface area contributed by atoms with Gasteiger partial charge in [-0.2, -0.15) is 0 Å². The molecule has 1 rings (SSSR count). The molecule has 2 nitrogen and oxygen atoms in total. The van der Waals surface area contributed by atoms with Gasteiger partial charge in [-0.25, -0.2) is 8.42 Å². The summed E-state index contributed by atoms with van der Waals surface area (Å²) < 4.78 is 23.1. The van der Waals surface area contributed by atoms with Crippen molar-refractivity contribution in [3.05, 3.63) is 0 Å². The Bertz CT molecular complexity index is 327. The lowest BCUT2D eigenvalue weighted by Gasteiger charge is -2.25. The van der Waals surface area contributed by atoms with E-state index in [0.717, 1.165) is 18.8 Å². The molecule has 0 bridgehead atoms. The maximum atomic E-state index is 11.5. The largest absolute Gasteiger partial charge is 0.229 e. The van der Waals surface area contributed by atoms with E-state index in [0.29, 0.717) is 29.2 Å². The van der Waals surface area contributed by atoms with Gasteiger partial charge in [0.2, 0.25) is 0 Å². The molecule has 1 fully saturated rings. The highest BCUT2D eigenvalue weighted by Crippen LogP contribution is 2.33. The Hall–Kier alpha value is 0.240. The third-order valence-corrected chi connectivity index (χ3v) is 6.50. The highest BCUT2D eigenvalue weighted by molar-refractivity contribution is 7.91. The molecule has 108 valence electrons. The van der Waals surface area contributed by atoms with Crippen molar-refractivity contribution in [2.24, 2.45) is 17.8 Å². The summed E-state index contributed by atoms with van der Waals surface area (Å²) in [6.45, 7) is 4.45. The highest BCUT2D eigenvalue weighted by atomic mass is 35.5. The molecular weight excluding hydrogens is 268 g/mol. The SMILES string of the molecule is CCCCC(CC)CC(CCl)C1CCS(=O)(=O)C1. The van der Waals surface area contributed by atoms with Crippen molar-refractivity contribution in [3.63, 3.8) is 0 Å². The number of rotatable bonds is 8. The molecule has 0 aromatic heterocycles. The Morgan fingerprint density at radius 1 is 1.33 bits per heavy atom. The summed E-state index contributed by atoms with van der Waals surface area (Å²) in [4.78, 5) is 0. The van der Waals surface area contributed by atoms with Crippen LogP contribution in [-0.2, 0) is 9.84 Å². The molecule has 3 atom stereocenters. The van der Waals surface area contributed by atoms with Crippen LogP contribution < -0.4 is 0 Å². The molecule has 1 aliphatic rings. The van der Waals surface area contributed by atoms with Crippen molar-refractivity contribution in [2.75, 3.05) is 17.4 Å². The van der Waals surface area contributed by atoms with Crippen molar-refractivity contribution < 1.29 is 8.42 Å². The van der Waals surface area contributed by atoms with Gasteiger partial charge in [0.05, 0.1) is 11.5 Å². The second-order valence-electron chi connectivity index (χ2n) is 5.73. The zero-order chi connectivity index (χ0) is 13.6. The molecule has 0 saturated carbocycles. The van der Waals surface area contributed by atoms with Gasteiger partial charge in [-0.3, -0.25) is 0 Å². The van der Waals surface area contributed by atoms with Gasteiger partial charge in [0.15, 0.2) is 9.84 Å². The quantitative estimate of drug-likeness (QED) is 0.637. The summed E-state index contributed by atoms with van der Waals surface area (Å²) in [5.41, 5.74) is 0. The van der Waals surface area contributed by atoms with Crippen molar-refractivity contribution in [3.8, 4) is 0 Å². The van der Waals surface area contributed by atoms with Gasteiger partial charge < -0.3 is 0 Å². The van der Waals surface area contributed by atoms with E-state index in [1.54, 1.807) is 0 Å². The Balaban J connectivity index is 2.50. The number of sulfone groups is 1. The van der Waals surface area contributed by atoms with Crippen molar-refractivity contribution >= 4 is 21.4 Å². The lowest BCUT2D eigenvalue weighted by molar-refractivity contribution is 0.290. The van der Waals surface area contributed by atoms with E-state index in [1.807, 2.05) is 0 Å². The molecule has 0 radical (unpaired) electrons. The summed E-state index contributed by atoms with van der Waals surface area (Å²) in [7, 11) is -2.77. The van der Waals surface area contributed by atoms with E-state index in [9.17, 15) is 8.42 Å². The van der Waals surface area contributed by atoms with E-state index in [-0.39, 0.29) is 0 Å². The fourth-order valence-electron chi connectivity index (χ4n) is 2.99. The van der Waals surface area contributed by atoms with Gasteiger partial charge in [0.1, 0.15) is 0 Å². The zero-order valence-electron chi connectivity index (χ0n) is 11.7. The van der Waals surface area contributed by atoms with Crippen LogP contribution in [0.25, 0.3) is 0 Å². The van der Waals surface area contributed by atoms with Crippen molar-refractivity contribution in [1.29, 1.82) is 0 Å². The first-order valence-corrected chi connectivity index (χ1v) is 9.64. The Morgan fingerprint density at radius 3 is 2.50 bits per heavy atom. The van der Waals surface area contributed by atoms with Crippen LogP contribution >= 0.6 is 11.6 Å². The second-order valence-corrected chi connectivity index (χ2v) is 8.27. The van der Waals surface area contributed by atoms with Gasteiger partial charge in [-0.05, 0) is 30.6 Å². The van der Waals surface area contributed by atoms with E-state index in [2.05, 4.69) is 13.8 Å². The van der Waals surface area contributed by atoms with Crippen molar-refractivity contribution in [1.82, 2.24) is 0 Å². The van der Waals surface area contributed by atoms with E-state index in [4.69, 9.17) is 11.6 Å². The lowest BCUT2D eigenvalue weighted by atomic mass is 9.82. The third kappa shape index (κ3) is 5.08. The van der Waals surface area contributed by atoms with E-state index in [1.165, 1.54) is 25.7 Å². The van der Waals surface area contributed by atoms with Gasteiger partial charge in [0.25, 0.3) is 0 Å². The predicted molar refractivity (Wildman–Crippen MR) is 78.9 cm³/mol. The fraction of sp³-hybridized carbons (Fsp3) is 1.00. The summed E-state index contributed by atoms with van der Waals surface area (Å²) in [5, 5.41) is 0. The molecule has 1 aliphatic heterocycles. The number of hydrogen-bond acceptors (Lipinski definition) is 2. The monoisotopic (exact) mass is 294 g/mol. The molecule has 1 heterocycles. The molecule has 18 heavy (non-hydrogen) atoms. The number of unbranched alkanes of at least 4 members (excludes halogenated alkanes) is 1. The van der Waals surface area contributed by atoms with Crippen LogP contribution in [0.2, 0.25) is 0 Å². The van der Waals surface area contributed by atoms with Gasteiger partial charge in [-0.15, -0.1) is 11.6 Å². The molecule has 3 unspecified atom stereocenters. The molecule has 0 N–H and O–H groups in total. The van der Waals surface area contributed by atoms with Gasteiger partial charge in [-0.1, -0.05) is 39.5 Å². The summed E-state index contributed by atoms with van der Waals surface area (Å²) in [5.74, 6) is 2.78. The third-order valence-electron chi connectivity index (χ3n) is 4.31. The lowest BCUT2D eigenvalue weighted by Crippen LogP contribution is -2.21. The zero-order valence-corrected chi connectivity index (χ0v) is 13.3. The fourth-order valence-corrected chi connectivity index (χ4v) is 5.28. The minimum atomic E-state index is -2.77. The topological polar surface area (TPSA) is 34.1 Å². The molecule has 1 saturated heterocycles. The Morgan fingerprint density at radius 2 is 2.06 bits per heavy atom. The maximum absolute atomic E-state index is 11.5. The summed E-state index contributed by atoms with van der Waals surface area (Å²) in [6, 6.07) is 0. The Kier molecular flexibility index (Phi) is 7.01. The number of hydrogen-bond donors (Lipinski definition) is 0. The summed E-state index contributed by atoms with van der Waals surface area (Å²) >= 11 is 6.08. The maximum Gasteiger partial charge on any atom is 0.150 e. The minimum Gasteiger partial charge on any atom is -0.229 e. The van der Waals surface area contributed by atoms with Crippen LogP contribution in [-0.4, -0.2) is 25.8 Å². The molecule has 0 aromatic rings. The standard InChI is InChI=1S/C14H27ClO2S/c1-3-5-6-12(4-2)9-14(10-15)13-7-8-18(16,17)11-13/h12-14H,3-11H2,1-2H3. The number of halogens is 1. The highest BCUT2D eigenvalue weighted by Gasteiger charge is 2.33. The van der Waals surface area contributed by atoms with Crippen LogP contribution in [0.5, 0.6) is 0 Å². The normalized spacial score (nSPS) is 26.1. The smallest absolute Gasteiger partial charge is 0.150 e. The van der Waals surface area contributed by atoms with Gasteiger partial charge in [0, 0.05) is 5.88 Å². The van der Waals surface area contributed by atoms with Gasteiger partial charge >= 0.3 is 0 Å². The Labute approximate surface area is 117 Å². The first-order chi connectivity index (χ1) is 8.52. The predicted octanol–water partition coefficient (Wildman–Crippen LogP) is 3.88. The van der Waals surface area contributed by atoms with Crippen LogP contribution in [0, 0.1) is 17.8 Å². The molecule has 0 amide bonds. The van der Waals surface area contributed by atoms with E-state index >= 15 is 0 Å². The number of alkyl halides is 1. The van der Waals surface area contributed by atoms with Crippen LogP contribution in [0.3, 0.4) is 0 Å². The van der Waals surface area contributed by atoms with Crippen LogP contribution in [0.1, 0.15) is 52.4 Å². The second kappa shape index (κ2) is 7.74. The molecule has 0 aliphatic carbocycles. The van der Waals surface area contributed by atoms with Crippen LogP contribution in [0.15, 0.2) is 0 Å². The minimum absolute atomic E-state index is 0.308.